The molecule has 2 fully saturated rings. The zero-order chi connectivity index (χ0) is 12.4. The van der Waals surface area contributed by atoms with Gasteiger partial charge in [-0.3, -0.25) is 10.1 Å². The van der Waals surface area contributed by atoms with Crippen LogP contribution < -0.4 is 5.32 Å². The molecule has 2 rings (SSSR count). The van der Waals surface area contributed by atoms with Crippen molar-refractivity contribution in [3.63, 3.8) is 0 Å². The number of hydrogen-bond donors (Lipinski definition) is 1. The molecular formula is C13H25N3O. The molecule has 0 aromatic heterocycles. The summed E-state index contributed by atoms with van der Waals surface area (Å²) in [4.78, 5) is 16.8. The highest BCUT2D eigenvalue weighted by Crippen LogP contribution is 2.24. The fourth-order valence-corrected chi connectivity index (χ4v) is 3.10. The maximum atomic E-state index is 12.4. The molecule has 2 aliphatic heterocycles. The third kappa shape index (κ3) is 2.47. The van der Waals surface area contributed by atoms with Crippen LogP contribution in [-0.2, 0) is 4.79 Å². The summed E-state index contributed by atoms with van der Waals surface area (Å²) in [5.74, 6) is 0.332. The predicted molar refractivity (Wildman–Crippen MR) is 68.7 cm³/mol. The fraction of sp³-hybridized carbons (Fsp3) is 0.923. The minimum absolute atomic E-state index is 0.0656. The highest BCUT2D eigenvalue weighted by Gasteiger charge is 2.42. The molecule has 2 heterocycles. The molecule has 0 radical (unpaired) electrons. The lowest BCUT2D eigenvalue weighted by Gasteiger charge is -2.29. The number of carbonyl (C=O) groups excluding carboxylic acids is 1. The molecule has 2 aliphatic rings. The minimum atomic E-state index is 0.0656. The van der Waals surface area contributed by atoms with Crippen molar-refractivity contribution in [2.24, 2.45) is 0 Å². The normalized spacial score (nSPS) is 34.9. The van der Waals surface area contributed by atoms with Crippen LogP contribution in [0, 0.1) is 0 Å². The smallest absolute Gasteiger partial charge is 0.241 e. The van der Waals surface area contributed by atoms with Crippen LogP contribution in [0.1, 0.15) is 39.5 Å². The molecule has 0 saturated carbocycles. The summed E-state index contributed by atoms with van der Waals surface area (Å²) in [6, 6.07) is 0.489. The van der Waals surface area contributed by atoms with Crippen molar-refractivity contribution in [1.82, 2.24) is 15.1 Å². The first-order valence-electron chi connectivity index (χ1n) is 6.94. The standard InChI is InChI=1S/C13H25N3O/c1-4-6-11-13(17)16(12(5-2)14-11)10-7-8-15(3)9-10/h10-12,14H,4-9H2,1-3H3. The Bertz CT molecular complexity index is 282. The number of nitrogens with one attached hydrogen (secondary N) is 1. The summed E-state index contributed by atoms with van der Waals surface area (Å²) in [6.45, 7) is 6.44. The van der Waals surface area contributed by atoms with Gasteiger partial charge < -0.3 is 9.80 Å². The van der Waals surface area contributed by atoms with Crippen LogP contribution in [0.2, 0.25) is 0 Å². The van der Waals surface area contributed by atoms with E-state index in [0.717, 1.165) is 38.8 Å². The first-order chi connectivity index (χ1) is 8.17. The van der Waals surface area contributed by atoms with Crippen LogP contribution in [0.4, 0.5) is 0 Å². The van der Waals surface area contributed by atoms with E-state index in [0.29, 0.717) is 11.9 Å². The number of rotatable bonds is 4. The Morgan fingerprint density at radius 2 is 2.18 bits per heavy atom. The van der Waals surface area contributed by atoms with Crippen molar-refractivity contribution in [2.75, 3.05) is 20.1 Å². The highest BCUT2D eigenvalue weighted by atomic mass is 16.2. The number of amides is 1. The predicted octanol–water partition coefficient (Wildman–Crippen LogP) is 1.03. The van der Waals surface area contributed by atoms with Crippen LogP contribution in [0.3, 0.4) is 0 Å². The van der Waals surface area contributed by atoms with Crippen LogP contribution in [-0.4, -0.2) is 54.1 Å². The Balaban J connectivity index is 2.06. The Morgan fingerprint density at radius 1 is 1.41 bits per heavy atom. The van der Waals surface area contributed by atoms with Gasteiger partial charge in [-0.25, -0.2) is 0 Å². The molecule has 4 nitrogen and oxygen atoms in total. The van der Waals surface area contributed by atoms with E-state index in [-0.39, 0.29) is 12.2 Å². The molecule has 98 valence electrons. The first-order valence-corrected chi connectivity index (χ1v) is 6.94. The van der Waals surface area contributed by atoms with Crippen molar-refractivity contribution >= 4 is 5.91 Å². The van der Waals surface area contributed by atoms with Crippen LogP contribution in [0.15, 0.2) is 0 Å². The summed E-state index contributed by atoms with van der Waals surface area (Å²) in [5, 5.41) is 3.49. The number of carbonyl (C=O) groups is 1. The molecule has 1 N–H and O–H groups in total. The van der Waals surface area contributed by atoms with Crippen molar-refractivity contribution in [1.29, 1.82) is 0 Å². The van der Waals surface area contributed by atoms with Crippen molar-refractivity contribution < 1.29 is 4.79 Å². The van der Waals surface area contributed by atoms with Gasteiger partial charge in [-0.1, -0.05) is 20.3 Å². The summed E-state index contributed by atoms with van der Waals surface area (Å²) in [5.41, 5.74) is 0. The SMILES string of the molecule is CCCC1NC(CC)N(C2CCN(C)C2)C1=O. The van der Waals surface area contributed by atoms with Gasteiger partial charge in [-0.15, -0.1) is 0 Å². The molecule has 0 aliphatic carbocycles. The molecule has 1 amide bonds. The maximum Gasteiger partial charge on any atom is 0.241 e. The second kappa shape index (κ2) is 5.36. The van der Waals surface area contributed by atoms with Gasteiger partial charge >= 0.3 is 0 Å². The Kier molecular flexibility index (Phi) is 4.05. The van der Waals surface area contributed by atoms with Crippen molar-refractivity contribution in [3.05, 3.63) is 0 Å². The maximum absolute atomic E-state index is 12.4. The largest absolute Gasteiger partial charge is 0.321 e. The summed E-state index contributed by atoms with van der Waals surface area (Å²) in [7, 11) is 2.14. The lowest BCUT2D eigenvalue weighted by molar-refractivity contribution is -0.132. The van der Waals surface area contributed by atoms with Gasteiger partial charge in [0.15, 0.2) is 0 Å². The van der Waals surface area contributed by atoms with Gasteiger partial charge in [0.1, 0.15) is 0 Å². The van der Waals surface area contributed by atoms with E-state index in [9.17, 15) is 4.79 Å². The topological polar surface area (TPSA) is 35.6 Å². The third-order valence-corrected chi connectivity index (χ3v) is 4.01. The molecule has 3 unspecified atom stereocenters. The van der Waals surface area contributed by atoms with Crippen LogP contribution in [0.25, 0.3) is 0 Å². The Hall–Kier alpha value is -0.610. The second-order valence-corrected chi connectivity index (χ2v) is 5.38. The molecule has 0 aromatic carbocycles. The molecule has 0 aromatic rings. The molecular weight excluding hydrogens is 214 g/mol. The van der Waals surface area contributed by atoms with Gasteiger partial charge in [0.2, 0.25) is 5.91 Å². The van der Waals surface area contributed by atoms with Crippen LogP contribution >= 0.6 is 0 Å². The van der Waals surface area contributed by atoms with Gasteiger partial charge in [0.05, 0.1) is 12.2 Å². The third-order valence-electron chi connectivity index (χ3n) is 4.01. The molecule has 2 saturated heterocycles. The minimum Gasteiger partial charge on any atom is -0.321 e. The van der Waals surface area contributed by atoms with Gasteiger partial charge in [0, 0.05) is 12.6 Å². The van der Waals surface area contributed by atoms with Gasteiger partial charge in [0.25, 0.3) is 0 Å². The average molecular weight is 239 g/mol. The molecule has 0 bridgehead atoms. The zero-order valence-corrected chi connectivity index (χ0v) is 11.3. The fourth-order valence-electron chi connectivity index (χ4n) is 3.10. The monoisotopic (exact) mass is 239 g/mol. The summed E-state index contributed by atoms with van der Waals surface area (Å²) >= 11 is 0. The number of nitrogens with zero attached hydrogens (tertiary/aromatic N) is 2. The van der Waals surface area contributed by atoms with Crippen molar-refractivity contribution in [3.8, 4) is 0 Å². The lowest BCUT2D eigenvalue weighted by atomic mass is 10.1. The highest BCUT2D eigenvalue weighted by molar-refractivity contribution is 5.84. The Morgan fingerprint density at radius 3 is 2.71 bits per heavy atom. The average Bonchev–Trinajstić information content (AvgIpc) is 2.84. The lowest BCUT2D eigenvalue weighted by Crippen LogP contribution is -2.45. The van der Waals surface area contributed by atoms with E-state index in [4.69, 9.17) is 0 Å². The zero-order valence-electron chi connectivity index (χ0n) is 11.3. The van der Waals surface area contributed by atoms with Gasteiger partial charge in [-0.2, -0.15) is 0 Å². The molecule has 0 spiro atoms. The number of hydrogen-bond acceptors (Lipinski definition) is 3. The Labute approximate surface area is 104 Å². The van der Waals surface area contributed by atoms with Crippen LogP contribution in [0.5, 0.6) is 0 Å². The van der Waals surface area contributed by atoms with Crippen molar-refractivity contribution in [2.45, 2.75) is 57.8 Å². The molecule has 17 heavy (non-hydrogen) atoms. The van der Waals surface area contributed by atoms with E-state index >= 15 is 0 Å². The summed E-state index contributed by atoms with van der Waals surface area (Å²) < 4.78 is 0. The van der Waals surface area contributed by atoms with E-state index in [1.54, 1.807) is 0 Å². The van der Waals surface area contributed by atoms with E-state index in [1.165, 1.54) is 0 Å². The van der Waals surface area contributed by atoms with Gasteiger partial charge in [-0.05, 0) is 32.9 Å². The summed E-state index contributed by atoms with van der Waals surface area (Å²) in [6.07, 6.45) is 4.42. The van der Waals surface area contributed by atoms with E-state index < -0.39 is 0 Å². The van der Waals surface area contributed by atoms with E-state index in [2.05, 4.69) is 36.0 Å². The number of likely N-dealkylation sites (tertiary alicyclic amines) is 1. The number of likely N-dealkylation sites (N-methyl/N-ethyl adjacent to an activating group) is 1. The quantitative estimate of drug-likeness (QED) is 0.796. The van der Waals surface area contributed by atoms with E-state index in [1.807, 2.05) is 0 Å². The first kappa shape index (κ1) is 12.8. The molecule has 4 heteroatoms. The second-order valence-electron chi connectivity index (χ2n) is 5.38. The molecule has 3 atom stereocenters.